The van der Waals surface area contributed by atoms with Gasteiger partial charge in [0.2, 0.25) is 0 Å². The quantitative estimate of drug-likeness (QED) is 0.826. The fourth-order valence-electron chi connectivity index (χ4n) is 1.94. The molecular formula is C15H16N4OS. The molecule has 2 heterocycles. The molecule has 108 valence electrons. The van der Waals surface area contributed by atoms with E-state index in [2.05, 4.69) is 16.4 Å². The smallest absolute Gasteiger partial charge is 0.174 e. The SMILES string of the molecule is CCC(=O)c1sc(NC(C)c2cccnc2)c(C#N)c1N. The number of carbonyl (C=O) groups excluding carboxylic acids is 1. The first-order chi connectivity index (χ1) is 10.1. The zero-order valence-corrected chi connectivity index (χ0v) is 12.7. The van der Waals surface area contributed by atoms with Crippen molar-refractivity contribution in [3.63, 3.8) is 0 Å². The predicted molar refractivity (Wildman–Crippen MR) is 84.3 cm³/mol. The van der Waals surface area contributed by atoms with Crippen molar-refractivity contribution in [2.24, 2.45) is 0 Å². The molecule has 21 heavy (non-hydrogen) atoms. The standard InChI is InChI=1S/C15H16N4OS/c1-3-12(20)14-13(17)11(7-16)15(21-14)19-9(2)10-5-4-6-18-8-10/h4-6,8-9,19H,3,17H2,1-2H3. The van der Waals surface area contributed by atoms with Crippen molar-refractivity contribution < 1.29 is 4.79 Å². The number of Topliss-reactive ketones (excluding diaryl/α,β-unsaturated/α-hetero) is 1. The third kappa shape index (κ3) is 3.03. The summed E-state index contributed by atoms with van der Waals surface area (Å²) in [5.41, 5.74) is 7.53. The molecule has 3 N–H and O–H groups in total. The van der Waals surface area contributed by atoms with Crippen molar-refractivity contribution in [2.45, 2.75) is 26.3 Å². The lowest BCUT2D eigenvalue weighted by molar-refractivity contribution is 0.0993. The number of hydrogen-bond acceptors (Lipinski definition) is 6. The summed E-state index contributed by atoms with van der Waals surface area (Å²) in [6.45, 7) is 3.74. The second kappa shape index (κ2) is 6.37. The van der Waals surface area contributed by atoms with Gasteiger partial charge in [0, 0.05) is 18.8 Å². The number of thiophene rings is 1. The molecule has 0 fully saturated rings. The minimum absolute atomic E-state index is 0.0339. The maximum absolute atomic E-state index is 11.9. The van der Waals surface area contributed by atoms with E-state index in [4.69, 9.17) is 5.73 Å². The molecule has 1 unspecified atom stereocenters. The Labute approximate surface area is 127 Å². The normalized spacial score (nSPS) is 11.7. The highest BCUT2D eigenvalue weighted by Gasteiger charge is 2.21. The van der Waals surface area contributed by atoms with Gasteiger partial charge >= 0.3 is 0 Å². The van der Waals surface area contributed by atoms with Gasteiger partial charge < -0.3 is 11.1 Å². The summed E-state index contributed by atoms with van der Waals surface area (Å²) in [5, 5.41) is 13.1. The zero-order valence-electron chi connectivity index (χ0n) is 11.9. The van der Waals surface area contributed by atoms with Gasteiger partial charge in [-0.15, -0.1) is 11.3 Å². The van der Waals surface area contributed by atoms with Gasteiger partial charge in [-0.25, -0.2) is 0 Å². The Morgan fingerprint density at radius 2 is 2.38 bits per heavy atom. The lowest BCUT2D eigenvalue weighted by atomic mass is 10.1. The minimum atomic E-state index is -0.0453. The number of nitrogens with two attached hydrogens (primary N) is 1. The number of hydrogen-bond donors (Lipinski definition) is 2. The number of pyridine rings is 1. The number of nitrogens with zero attached hydrogens (tertiary/aromatic N) is 2. The number of carbonyl (C=O) groups is 1. The number of ketones is 1. The van der Waals surface area contributed by atoms with Crippen molar-refractivity contribution in [3.8, 4) is 6.07 Å². The lowest BCUT2D eigenvalue weighted by Gasteiger charge is -2.13. The lowest BCUT2D eigenvalue weighted by Crippen LogP contribution is -2.06. The van der Waals surface area contributed by atoms with Crippen LogP contribution in [0.2, 0.25) is 0 Å². The summed E-state index contributed by atoms with van der Waals surface area (Å²) >= 11 is 1.24. The predicted octanol–water partition coefficient (Wildman–Crippen LogP) is 3.36. The second-order valence-electron chi connectivity index (χ2n) is 4.59. The fourth-order valence-corrected chi connectivity index (χ4v) is 3.10. The van der Waals surface area contributed by atoms with Crippen LogP contribution in [-0.4, -0.2) is 10.8 Å². The van der Waals surface area contributed by atoms with Crippen LogP contribution in [0, 0.1) is 11.3 Å². The van der Waals surface area contributed by atoms with E-state index in [9.17, 15) is 10.1 Å². The number of aromatic nitrogens is 1. The Balaban J connectivity index is 2.32. The van der Waals surface area contributed by atoms with E-state index in [1.54, 1.807) is 19.3 Å². The minimum Gasteiger partial charge on any atom is -0.396 e. The molecule has 5 nitrogen and oxygen atoms in total. The van der Waals surface area contributed by atoms with Crippen LogP contribution in [0.25, 0.3) is 0 Å². The van der Waals surface area contributed by atoms with Gasteiger partial charge in [0.05, 0.1) is 16.6 Å². The molecule has 0 saturated carbocycles. The number of rotatable bonds is 5. The van der Waals surface area contributed by atoms with Crippen LogP contribution in [0.5, 0.6) is 0 Å². The van der Waals surface area contributed by atoms with Gasteiger partial charge in [-0.05, 0) is 18.6 Å². The Bertz CT molecular complexity index is 688. The molecule has 1 atom stereocenters. The molecular weight excluding hydrogens is 284 g/mol. The number of nitriles is 1. The molecule has 0 amide bonds. The first kappa shape index (κ1) is 15.0. The average Bonchev–Trinajstić information content (AvgIpc) is 2.83. The van der Waals surface area contributed by atoms with Gasteiger partial charge in [-0.3, -0.25) is 9.78 Å². The molecule has 0 aliphatic rings. The van der Waals surface area contributed by atoms with Gasteiger partial charge in [-0.2, -0.15) is 5.26 Å². The first-order valence-corrected chi connectivity index (χ1v) is 7.42. The van der Waals surface area contributed by atoms with Crippen LogP contribution >= 0.6 is 11.3 Å². The van der Waals surface area contributed by atoms with Crippen LogP contribution in [0.15, 0.2) is 24.5 Å². The van der Waals surface area contributed by atoms with E-state index in [0.29, 0.717) is 21.9 Å². The summed E-state index contributed by atoms with van der Waals surface area (Å²) in [5.74, 6) is -0.0453. The van der Waals surface area contributed by atoms with E-state index in [0.717, 1.165) is 5.56 Å². The number of anilines is 2. The highest BCUT2D eigenvalue weighted by atomic mass is 32.1. The molecule has 2 aromatic heterocycles. The molecule has 0 aliphatic heterocycles. The van der Waals surface area contributed by atoms with Gasteiger partial charge in [-0.1, -0.05) is 13.0 Å². The monoisotopic (exact) mass is 300 g/mol. The van der Waals surface area contributed by atoms with Crippen LogP contribution < -0.4 is 11.1 Å². The summed E-state index contributed by atoms with van der Waals surface area (Å²) in [6.07, 6.45) is 3.84. The molecule has 0 aliphatic carbocycles. The molecule has 6 heteroatoms. The van der Waals surface area contributed by atoms with E-state index >= 15 is 0 Å². The van der Waals surface area contributed by atoms with E-state index < -0.39 is 0 Å². The third-order valence-electron chi connectivity index (χ3n) is 3.16. The summed E-state index contributed by atoms with van der Waals surface area (Å²) < 4.78 is 0. The van der Waals surface area contributed by atoms with Crippen molar-refractivity contribution in [3.05, 3.63) is 40.5 Å². The van der Waals surface area contributed by atoms with Crippen molar-refractivity contribution in [1.29, 1.82) is 5.26 Å². The first-order valence-electron chi connectivity index (χ1n) is 6.60. The van der Waals surface area contributed by atoms with Crippen molar-refractivity contribution in [1.82, 2.24) is 4.98 Å². The van der Waals surface area contributed by atoms with Gasteiger partial charge in [0.25, 0.3) is 0 Å². The Kier molecular flexibility index (Phi) is 4.55. The Hall–Kier alpha value is -2.39. The average molecular weight is 300 g/mol. The molecule has 0 saturated heterocycles. The summed E-state index contributed by atoms with van der Waals surface area (Å²) in [7, 11) is 0. The van der Waals surface area contributed by atoms with E-state index in [-0.39, 0.29) is 17.5 Å². The van der Waals surface area contributed by atoms with Crippen LogP contribution in [0.1, 0.15) is 47.1 Å². The van der Waals surface area contributed by atoms with E-state index in [1.165, 1.54) is 11.3 Å². The highest BCUT2D eigenvalue weighted by molar-refractivity contribution is 7.19. The second-order valence-corrected chi connectivity index (χ2v) is 5.61. The maximum atomic E-state index is 11.9. The van der Waals surface area contributed by atoms with Crippen molar-refractivity contribution in [2.75, 3.05) is 11.1 Å². The third-order valence-corrected chi connectivity index (χ3v) is 4.34. The fraction of sp³-hybridized carbons (Fsp3) is 0.267. The topological polar surface area (TPSA) is 91.8 Å². The molecule has 0 bridgehead atoms. The van der Waals surface area contributed by atoms with E-state index in [1.807, 2.05) is 19.1 Å². The highest BCUT2D eigenvalue weighted by Crippen LogP contribution is 2.37. The number of nitrogen functional groups attached to an aromatic ring is 1. The zero-order chi connectivity index (χ0) is 15.4. The molecule has 2 rings (SSSR count). The van der Waals surface area contributed by atoms with Gasteiger partial charge in [0.1, 0.15) is 16.6 Å². The van der Waals surface area contributed by atoms with Crippen LogP contribution in [-0.2, 0) is 0 Å². The van der Waals surface area contributed by atoms with Gasteiger partial charge in [0.15, 0.2) is 5.78 Å². The largest absolute Gasteiger partial charge is 0.396 e. The molecule has 0 aromatic carbocycles. The Morgan fingerprint density at radius 1 is 1.62 bits per heavy atom. The molecule has 0 radical (unpaired) electrons. The molecule has 0 spiro atoms. The maximum Gasteiger partial charge on any atom is 0.174 e. The van der Waals surface area contributed by atoms with Crippen LogP contribution in [0.4, 0.5) is 10.7 Å². The number of nitrogens with one attached hydrogen (secondary N) is 1. The summed E-state index contributed by atoms with van der Waals surface area (Å²) in [4.78, 5) is 16.4. The van der Waals surface area contributed by atoms with Crippen LogP contribution in [0.3, 0.4) is 0 Å². The Morgan fingerprint density at radius 3 is 2.95 bits per heavy atom. The van der Waals surface area contributed by atoms with Crippen molar-refractivity contribution >= 4 is 27.8 Å². The summed E-state index contributed by atoms with van der Waals surface area (Å²) in [6, 6.07) is 5.85. The molecule has 2 aromatic rings.